The quantitative estimate of drug-likeness (QED) is 0.527. The van der Waals surface area contributed by atoms with Crippen molar-refractivity contribution in [3.63, 3.8) is 0 Å². The van der Waals surface area contributed by atoms with E-state index < -0.39 is 0 Å². The van der Waals surface area contributed by atoms with Crippen molar-refractivity contribution in [1.82, 2.24) is 15.1 Å². The maximum absolute atomic E-state index is 12.7. The SMILES string of the molecule is COCc1cccc(CNC(=O)c2cc3c(C)nn(-c4ccccc4)c3s2)c1. The van der Waals surface area contributed by atoms with Crippen LogP contribution in [0.2, 0.25) is 0 Å². The van der Waals surface area contributed by atoms with Gasteiger partial charge in [-0.2, -0.15) is 5.10 Å². The number of carbonyl (C=O) groups excluding carboxylic acids is 1. The lowest BCUT2D eigenvalue weighted by molar-refractivity contribution is 0.0955. The van der Waals surface area contributed by atoms with E-state index >= 15 is 0 Å². The topological polar surface area (TPSA) is 56.1 Å². The number of ether oxygens (including phenoxy) is 1. The zero-order valence-electron chi connectivity index (χ0n) is 15.8. The lowest BCUT2D eigenvalue weighted by Crippen LogP contribution is -2.21. The number of amides is 1. The number of thiophene rings is 1. The van der Waals surface area contributed by atoms with E-state index in [0.29, 0.717) is 18.0 Å². The first-order valence-electron chi connectivity index (χ1n) is 9.05. The normalized spacial score (nSPS) is 11.1. The molecule has 4 aromatic rings. The molecule has 1 N–H and O–H groups in total. The minimum absolute atomic E-state index is 0.0719. The number of carbonyl (C=O) groups is 1. The molecule has 2 heterocycles. The smallest absolute Gasteiger partial charge is 0.261 e. The van der Waals surface area contributed by atoms with Gasteiger partial charge in [0.2, 0.25) is 0 Å². The summed E-state index contributed by atoms with van der Waals surface area (Å²) in [6.45, 7) is 3.01. The number of aromatic nitrogens is 2. The van der Waals surface area contributed by atoms with Crippen LogP contribution in [0.3, 0.4) is 0 Å². The summed E-state index contributed by atoms with van der Waals surface area (Å²) in [6, 6.07) is 19.9. The number of nitrogens with zero attached hydrogens (tertiary/aromatic N) is 2. The summed E-state index contributed by atoms with van der Waals surface area (Å²) in [5, 5.41) is 8.65. The van der Waals surface area contributed by atoms with Crippen molar-refractivity contribution >= 4 is 27.5 Å². The molecule has 0 saturated heterocycles. The molecule has 2 aromatic heterocycles. The van der Waals surface area contributed by atoms with E-state index in [4.69, 9.17) is 4.74 Å². The number of hydrogen-bond donors (Lipinski definition) is 1. The summed E-state index contributed by atoms with van der Waals surface area (Å²) in [6.07, 6.45) is 0. The zero-order valence-corrected chi connectivity index (χ0v) is 16.6. The van der Waals surface area contributed by atoms with Crippen LogP contribution in [0.4, 0.5) is 0 Å². The number of para-hydroxylation sites is 1. The number of nitrogens with one attached hydrogen (secondary N) is 1. The average molecular weight is 391 g/mol. The Morgan fingerprint density at radius 2 is 1.89 bits per heavy atom. The molecular formula is C22H21N3O2S. The van der Waals surface area contributed by atoms with Gasteiger partial charge in [-0.1, -0.05) is 42.5 Å². The summed E-state index contributed by atoms with van der Waals surface area (Å²) < 4.78 is 7.07. The van der Waals surface area contributed by atoms with Crippen LogP contribution in [0, 0.1) is 6.92 Å². The fraction of sp³-hybridized carbons (Fsp3) is 0.182. The van der Waals surface area contributed by atoms with E-state index in [0.717, 1.165) is 32.7 Å². The maximum Gasteiger partial charge on any atom is 0.261 e. The third-order valence-electron chi connectivity index (χ3n) is 4.52. The highest BCUT2D eigenvalue weighted by molar-refractivity contribution is 7.20. The highest BCUT2D eigenvalue weighted by atomic mass is 32.1. The number of fused-ring (bicyclic) bond motifs is 1. The average Bonchev–Trinajstić information content (AvgIpc) is 3.28. The van der Waals surface area contributed by atoms with E-state index in [9.17, 15) is 4.79 Å². The molecule has 0 fully saturated rings. The molecular weight excluding hydrogens is 370 g/mol. The van der Waals surface area contributed by atoms with Gasteiger partial charge in [0.1, 0.15) is 4.83 Å². The summed E-state index contributed by atoms with van der Waals surface area (Å²) in [5.74, 6) is -0.0719. The molecule has 4 rings (SSSR count). The third-order valence-corrected chi connectivity index (χ3v) is 5.63. The van der Waals surface area contributed by atoms with Crippen molar-refractivity contribution in [3.05, 3.63) is 82.4 Å². The molecule has 0 radical (unpaired) electrons. The van der Waals surface area contributed by atoms with E-state index in [1.165, 1.54) is 11.3 Å². The maximum atomic E-state index is 12.7. The van der Waals surface area contributed by atoms with Crippen LogP contribution in [0.5, 0.6) is 0 Å². The van der Waals surface area contributed by atoms with Gasteiger partial charge in [0.05, 0.1) is 22.9 Å². The molecule has 2 aromatic carbocycles. The number of methoxy groups -OCH3 is 1. The Bertz CT molecular complexity index is 1120. The third kappa shape index (κ3) is 3.69. The van der Waals surface area contributed by atoms with Crippen molar-refractivity contribution in [2.45, 2.75) is 20.1 Å². The highest BCUT2D eigenvalue weighted by Gasteiger charge is 2.17. The van der Waals surface area contributed by atoms with Crippen molar-refractivity contribution in [1.29, 1.82) is 0 Å². The Morgan fingerprint density at radius 1 is 1.11 bits per heavy atom. The summed E-state index contributed by atoms with van der Waals surface area (Å²) in [4.78, 5) is 14.4. The van der Waals surface area contributed by atoms with Crippen molar-refractivity contribution in [3.8, 4) is 5.69 Å². The van der Waals surface area contributed by atoms with Gasteiger partial charge in [-0.15, -0.1) is 11.3 Å². The predicted molar refractivity (Wildman–Crippen MR) is 112 cm³/mol. The zero-order chi connectivity index (χ0) is 19.5. The Morgan fingerprint density at radius 3 is 2.68 bits per heavy atom. The van der Waals surface area contributed by atoms with Crippen LogP contribution in [0.1, 0.15) is 26.5 Å². The van der Waals surface area contributed by atoms with Gasteiger partial charge in [-0.25, -0.2) is 4.68 Å². The Kier molecular flexibility index (Phi) is 5.23. The molecule has 28 heavy (non-hydrogen) atoms. The fourth-order valence-electron chi connectivity index (χ4n) is 3.17. The highest BCUT2D eigenvalue weighted by Crippen LogP contribution is 2.30. The first-order chi connectivity index (χ1) is 13.7. The fourth-order valence-corrected chi connectivity index (χ4v) is 4.27. The summed E-state index contributed by atoms with van der Waals surface area (Å²) in [7, 11) is 1.68. The van der Waals surface area contributed by atoms with Gasteiger partial charge >= 0.3 is 0 Å². The molecule has 0 bridgehead atoms. The van der Waals surface area contributed by atoms with E-state index in [2.05, 4.69) is 10.4 Å². The molecule has 1 amide bonds. The van der Waals surface area contributed by atoms with Crippen LogP contribution in [0.15, 0.2) is 60.7 Å². The first kappa shape index (κ1) is 18.4. The molecule has 0 saturated carbocycles. The monoisotopic (exact) mass is 391 g/mol. The van der Waals surface area contributed by atoms with Crippen LogP contribution in [0.25, 0.3) is 15.9 Å². The number of rotatable bonds is 6. The van der Waals surface area contributed by atoms with E-state index in [-0.39, 0.29) is 5.91 Å². The molecule has 0 aliphatic rings. The molecule has 6 heteroatoms. The van der Waals surface area contributed by atoms with Crippen LogP contribution < -0.4 is 5.32 Å². The number of hydrogen-bond acceptors (Lipinski definition) is 4. The second kappa shape index (κ2) is 7.96. The predicted octanol–water partition coefficient (Wildman–Crippen LogP) is 4.47. The molecule has 142 valence electrons. The largest absolute Gasteiger partial charge is 0.380 e. The molecule has 0 atom stereocenters. The molecule has 0 spiro atoms. The molecule has 5 nitrogen and oxygen atoms in total. The minimum Gasteiger partial charge on any atom is -0.380 e. The van der Waals surface area contributed by atoms with Crippen molar-refractivity contribution in [2.24, 2.45) is 0 Å². The number of aryl methyl sites for hydroxylation is 1. The van der Waals surface area contributed by atoms with Gasteiger partial charge in [-0.3, -0.25) is 4.79 Å². The molecule has 0 aliphatic heterocycles. The van der Waals surface area contributed by atoms with Crippen LogP contribution in [-0.2, 0) is 17.9 Å². The van der Waals surface area contributed by atoms with E-state index in [1.54, 1.807) is 7.11 Å². The Hall–Kier alpha value is -2.96. The Balaban J connectivity index is 1.54. The summed E-state index contributed by atoms with van der Waals surface area (Å²) >= 11 is 1.46. The minimum atomic E-state index is -0.0719. The van der Waals surface area contributed by atoms with Crippen LogP contribution in [-0.4, -0.2) is 22.8 Å². The summed E-state index contributed by atoms with van der Waals surface area (Å²) in [5.41, 5.74) is 4.05. The second-order valence-electron chi connectivity index (χ2n) is 6.60. The Labute approximate surface area is 167 Å². The van der Waals surface area contributed by atoms with Gasteiger partial charge in [0.15, 0.2) is 0 Å². The van der Waals surface area contributed by atoms with E-state index in [1.807, 2.05) is 72.3 Å². The van der Waals surface area contributed by atoms with Crippen molar-refractivity contribution < 1.29 is 9.53 Å². The van der Waals surface area contributed by atoms with Gasteiger partial charge in [0, 0.05) is 19.0 Å². The molecule has 0 aliphatic carbocycles. The van der Waals surface area contributed by atoms with Crippen LogP contribution >= 0.6 is 11.3 Å². The van der Waals surface area contributed by atoms with Gasteiger partial charge in [-0.05, 0) is 36.2 Å². The standard InChI is InChI=1S/C22H21N3O2S/c1-15-19-12-20(28-22(19)25(24-15)18-9-4-3-5-10-18)21(26)23-13-16-7-6-8-17(11-16)14-27-2/h3-12H,13-14H2,1-2H3,(H,23,26). The number of benzene rings is 2. The molecule has 0 unspecified atom stereocenters. The lowest BCUT2D eigenvalue weighted by Gasteiger charge is -2.06. The first-order valence-corrected chi connectivity index (χ1v) is 9.87. The second-order valence-corrected chi connectivity index (χ2v) is 7.63. The lowest BCUT2D eigenvalue weighted by atomic mass is 10.1. The van der Waals surface area contributed by atoms with Crippen molar-refractivity contribution in [2.75, 3.05) is 7.11 Å². The van der Waals surface area contributed by atoms with Gasteiger partial charge < -0.3 is 10.1 Å². The van der Waals surface area contributed by atoms with Gasteiger partial charge in [0.25, 0.3) is 5.91 Å².